The van der Waals surface area contributed by atoms with Crippen molar-refractivity contribution < 1.29 is 4.79 Å². The van der Waals surface area contributed by atoms with E-state index in [1.54, 1.807) is 30.3 Å². The highest BCUT2D eigenvalue weighted by molar-refractivity contribution is 6.44. The van der Waals surface area contributed by atoms with Crippen LogP contribution in [0.5, 0.6) is 0 Å². The molecule has 0 aliphatic heterocycles. The molecule has 0 saturated heterocycles. The lowest BCUT2D eigenvalue weighted by Gasteiger charge is -2.08. The number of hydrogen-bond donors (Lipinski definition) is 1. The van der Waals surface area contributed by atoms with Crippen LogP contribution >= 0.6 is 23.2 Å². The Morgan fingerprint density at radius 1 is 1.12 bits per heavy atom. The van der Waals surface area contributed by atoms with Gasteiger partial charge in [-0.3, -0.25) is 4.79 Å². The van der Waals surface area contributed by atoms with Crippen LogP contribution in [0.25, 0.3) is 11.4 Å². The van der Waals surface area contributed by atoms with Crippen LogP contribution in [-0.2, 0) is 0 Å². The Bertz CT molecular complexity index is 934. The van der Waals surface area contributed by atoms with E-state index in [1.807, 2.05) is 16.8 Å². The number of hydrogen-bond acceptors (Lipinski definition) is 4. The van der Waals surface area contributed by atoms with Gasteiger partial charge in [0.2, 0.25) is 0 Å². The van der Waals surface area contributed by atoms with E-state index in [1.165, 1.54) is 0 Å². The Balaban J connectivity index is 1.53. The smallest absolute Gasteiger partial charge is 0.257 e. The number of halogens is 2. The van der Waals surface area contributed by atoms with Gasteiger partial charge < -0.3 is 5.32 Å². The molecule has 3 aromatic rings. The lowest BCUT2D eigenvalue weighted by Crippen LogP contribution is -2.12. The first-order valence-corrected chi connectivity index (χ1v) is 8.53. The Hall–Kier alpha value is -2.44. The molecule has 1 aliphatic rings. The molecular weight excluding hydrogens is 361 g/mol. The van der Waals surface area contributed by atoms with Crippen LogP contribution in [0.1, 0.15) is 29.2 Å². The molecule has 0 radical (unpaired) electrons. The monoisotopic (exact) mass is 373 g/mol. The number of benzene rings is 2. The quantitative estimate of drug-likeness (QED) is 0.742. The first-order valence-electron chi connectivity index (χ1n) is 7.77. The van der Waals surface area contributed by atoms with Crippen molar-refractivity contribution in [2.45, 2.75) is 18.9 Å². The molecular formula is C17H13Cl2N5O. The van der Waals surface area contributed by atoms with E-state index < -0.39 is 0 Å². The second-order valence-corrected chi connectivity index (χ2v) is 6.60. The molecule has 1 N–H and O–H groups in total. The van der Waals surface area contributed by atoms with Crippen molar-refractivity contribution in [3.05, 3.63) is 58.1 Å². The number of carbonyl (C=O) groups excluding carboxylic acids is 1. The molecule has 4 rings (SSSR count). The van der Waals surface area contributed by atoms with E-state index in [4.69, 9.17) is 23.2 Å². The molecule has 1 aromatic heterocycles. The van der Waals surface area contributed by atoms with E-state index >= 15 is 0 Å². The predicted molar refractivity (Wildman–Crippen MR) is 95.9 cm³/mol. The van der Waals surface area contributed by atoms with Gasteiger partial charge in [-0.1, -0.05) is 29.3 Å². The fourth-order valence-electron chi connectivity index (χ4n) is 2.53. The highest BCUT2D eigenvalue weighted by Crippen LogP contribution is 2.36. The number of tetrazole rings is 1. The summed E-state index contributed by atoms with van der Waals surface area (Å²) in [6.45, 7) is 0. The van der Waals surface area contributed by atoms with Crippen molar-refractivity contribution >= 4 is 34.8 Å². The normalized spacial score (nSPS) is 13.7. The molecule has 0 unspecified atom stereocenters. The maximum absolute atomic E-state index is 12.4. The summed E-state index contributed by atoms with van der Waals surface area (Å²) in [5, 5.41) is 15.3. The van der Waals surface area contributed by atoms with Crippen molar-refractivity contribution in [3.8, 4) is 11.4 Å². The molecule has 1 saturated carbocycles. The first-order chi connectivity index (χ1) is 12.1. The highest BCUT2D eigenvalue weighted by atomic mass is 35.5. The molecule has 1 amide bonds. The van der Waals surface area contributed by atoms with Gasteiger partial charge in [-0.15, -0.1) is 5.10 Å². The molecule has 0 spiro atoms. The molecule has 126 valence electrons. The minimum absolute atomic E-state index is 0.238. The number of nitrogens with one attached hydrogen (secondary N) is 1. The van der Waals surface area contributed by atoms with Gasteiger partial charge in [0, 0.05) is 11.3 Å². The Labute approximate surface area is 153 Å². The highest BCUT2D eigenvalue weighted by Gasteiger charge is 2.28. The summed E-state index contributed by atoms with van der Waals surface area (Å²) in [5.74, 6) is 0.418. The number of aromatic nitrogens is 4. The van der Waals surface area contributed by atoms with Crippen LogP contribution in [0, 0.1) is 0 Å². The summed E-state index contributed by atoms with van der Waals surface area (Å²) in [6, 6.07) is 12.7. The van der Waals surface area contributed by atoms with E-state index in [2.05, 4.69) is 20.8 Å². The van der Waals surface area contributed by atoms with E-state index in [9.17, 15) is 4.79 Å². The maximum atomic E-state index is 12.4. The molecule has 6 nitrogen and oxygen atoms in total. The van der Waals surface area contributed by atoms with Gasteiger partial charge in [-0.25, -0.2) is 4.68 Å². The van der Waals surface area contributed by atoms with Crippen LogP contribution < -0.4 is 5.32 Å². The van der Waals surface area contributed by atoms with E-state index in [-0.39, 0.29) is 10.9 Å². The number of carbonyl (C=O) groups is 1. The minimum Gasteiger partial charge on any atom is -0.322 e. The van der Waals surface area contributed by atoms with Crippen LogP contribution in [0.15, 0.2) is 42.5 Å². The third-order valence-corrected chi connectivity index (χ3v) is 4.80. The summed E-state index contributed by atoms with van der Waals surface area (Å²) in [6.07, 6.45) is 2.21. The van der Waals surface area contributed by atoms with Gasteiger partial charge in [-0.2, -0.15) is 0 Å². The van der Waals surface area contributed by atoms with Crippen LogP contribution in [0.3, 0.4) is 0 Å². The van der Waals surface area contributed by atoms with Crippen LogP contribution in [0.2, 0.25) is 10.0 Å². The van der Waals surface area contributed by atoms with Gasteiger partial charge in [-0.05, 0) is 59.7 Å². The Kier molecular flexibility index (Phi) is 4.15. The van der Waals surface area contributed by atoms with Gasteiger partial charge >= 0.3 is 0 Å². The third kappa shape index (κ3) is 3.23. The van der Waals surface area contributed by atoms with Crippen LogP contribution in [0.4, 0.5) is 5.69 Å². The zero-order valence-corrected chi connectivity index (χ0v) is 14.5. The third-order valence-electron chi connectivity index (χ3n) is 3.98. The number of rotatable bonds is 4. The van der Waals surface area contributed by atoms with E-state index in [0.29, 0.717) is 22.3 Å². The van der Waals surface area contributed by atoms with Crippen LogP contribution in [-0.4, -0.2) is 26.1 Å². The second kappa shape index (κ2) is 6.46. The number of anilines is 1. The van der Waals surface area contributed by atoms with Gasteiger partial charge in [0.1, 0.15) is 0 Å². The lowest BCUT2D eigenvalue weighted by molar-refractivity contribution is 0.102. The van der Waals surface area contributed by atoms with Crippen molar-refractivity contribution in [2.24, 2.45) is 0 Å². The number of nitrogens with zero attached hydrogens (tertiary/aromatic N) is 4. The fourth-order valence-corrected chi connectivity index (χ4v) is 2.92. The summed E-state index contributed by atoms with van der Waals surface area (Å²) in [5.41, 5.74) is 1.88. The predicted octanol–water partition coefficient (Wildman–Crippen LogP) is 4.23. The molecule has 8 heteroatoms. The molecule has 2 aromatic carbocycles. The summed E-state index contributed by atoms with van der Waals surface area (Å²) >= 11 is 12.0. The molecule has 1 heterocycles. The zero-order valence-electron chi connectivity index (χ0n) is 13.0. The minimum atomic E-state index is -0.317. The molecule has 0 atom stereocenters. The van der Waals surface area contributed by atoms with Crippen molar-refractivity contribution in [3.63, 3.8) is 0 Å². The average molecular weight is 374 g/mol. The largest absolute Gasteiger partial charge is 0.322 e. The van der Waals surface area contributed by atoms with Crippen molar-refractivity contribution in [1.29, 1.82) is 0 Å². The fraction of sp³-hybridized carbons (Fsp3) is 0.176. The standard InChI is InChI=1S/C17H13Cl2N5O/c18-14-3-1-2-13(15(14)19)17(25)20-11-6-4-10(5-7-11)16-21-22-23-24(16)12-8-9-12/h1-7,12H,8-9H2,(H,20,25). The summed E-state index contributed by atoms with van der Waals surface area (Å²) < 4.78 is 1.85. The summed E-state index contributed by atoms with van der Waals surface area (Å²) in [7, 11) is 0. The molecule has 0 bridgehead atoms. The molecule has 1 aliphatic carbocycles. The lowest BCUT2D eigenvalue weighted by atomic mass is 10.1. The van der Waals surface area contributed by atoms with Gasteiger partial charge in [0.15, 0.2) is 5.82 Å². The van der Waals surface area contributed by atoms with Gasteiger partial charge in [0.05, 0.1) is 21.7 Å². The first kappa shape index (κ1) is 16.1. The maximum Gasteiger partial charge on any atom is 0.257 e. The molecule has 25 heavy (non-hydrogen) atoms. The van der Waals surface area contributed by atoms with Gasteiger partial charge in [0.25, 0.3) is 5.91 Å². The summed E-state index contributed by atoms with van der Waals surface area (Å²) in [4.78, 5) is 12.4. The Morgan fingerprint density at radius 3 is 2.60 bits per heavy atom. The Morgan fingerprint density at radius 2 is 1.88 bits per heavy atom. The number of amides is 1. The van der Waals surface area contributed by atoms with Crippen molar-refractivity contribution in [2.75, 3.05) is 5.32 Å². The second-order valence-electron chi connectivity index (χ2n) is 5.81. The van der Waals surface area contributed by atoms with E-state index in [0.717, 1.165) is 24.2 Å². The SMILES string of the molecule is O=C(Nc1ccc(-c2nnnn2C2CC2)cc1)c1cccc(Cl)c1Cl. The molecule has 1 fully saturated rings. The van der Waals surface area contributed by atoms with Crippen molar-refractivity contribution in [1.82, 2.24) is 20.2 Å². The zero-order chi connectivity index (χ0) is 17.4. The topological polar surface area (TPSA) is 72.7 Å². The average Bonchev–Trinajstić information content (AvgIpc) is 3.35.